The van der Waals surface area contributed by atoms with Gasteiger partial charge in [-0.3, -0.25) is 24.0 Å². The van der Waals surface area contributed by atoms with Gasteiger partial charge in [0.25, 0.3) is 0 Å². The van der Waals surface area contributed by atoms with Crippen molar-refractivity contribution < 1.29 is 29.1 Å². The van der Waals surface area contributed by atoms with Gasteiger partial charge in [-0.15, -0.1) is 0 Å². The van der Waals surface area contributed by atoms with Crippen molar-refractivity contribution in [3.8, 4) is 0 Å². The van der Waals surface area contributed by atoms with Crippen LogP contribution in [0.1, 0.15) is 52.5 Å². The normalized spacial score (nSPS) is 13.4. The van der Waals surface area contributed by atoms with Crippen LogP contribution in [-0.2, 0) is 30.4 Å². The first-order valence-corrected chi connectivity index (χ1v) is 11.0. The van der Waals surface area contributed by atoms with Crippen molar-refractivity contribution in [2.75, 3.05) is 0 Å². The first kappa shape index (κ1) is 27.6. The Morgan fingerprint density at radius 2 is 1.36 bits per heavy atom. The number of carboxylic acids is 1. The van der Waals surface area contributed by atoms with Gasteiger partial charge in [0.15, 0.2) is 0 Å². The quantitative estimate of drug-likeness (QED) is 0.288. The summed E-state index contributed by atoms with van der Waals surface area (Å²) in [7, 11) is 0. The Kier molecular flexibility index (Phi) is 11.6. The van der Waals surface area contributed by atoms with E-state index in [1.165, 1.54) is 6.92 Å². The van der Waals surface area contributed by atoms with Gasteiger partial charge in [0.1, 0.15) is 18.1 Å². The lowest BCUT2D eigenvalue weighted by molar-refractivity contribution is -0.139. The van der Waals surface area contributed by atoms with Crippen molar-refractivity contribution in [1.82, 2.24) is 21.3 Å². The molecule has 0 unspecified atom stereocenters. The third kappa shape index (κ3) is 10.6. The number of carbonyl (C=O) groups is 5. The van der Waals surface area contributed by atoms with Crippen LogP contribution in [-0.4, -0.2) is 58.9 Å². The number of hydrogen-bond donors (Lipinski definition) is 5. The average molecular weight is 463 g/mol. The summed E-state index contributed by atoms with van der Waals surface area (Å²) in [5.41, 5.74) is 0.872. The lowest BCUT2D eigenvalue weighted by atomic mass is 10.0. The van der Waals surface area contributed by atoms with Gasteiger partial charge in [-0.05, 0) is 32.8 Å². The maximum atomic E-state index is 12.9. The third-order valence-electron chi connectivity index (χ3n) is 4.72. The van der Waals surface area contributed by atoms with Crippen LogP contribution in [0.25, 0.3) is 0 Å². The molecule has 5 N–H and O–H groups in total. The van der Waals surface area contributed by atoms with Crippen molar-refractivity contribution in [2.45, 2.75) is 77.5 Å². The minimum Gasteiger partial charge on any atom is -0.481 e. The molecule has 1 rings (SSSR count). The molecule has 0 saturated heterocycles. The van der Waals surface area contributed by atoms with E-state index in [1.54, 1.807) is 6.92 Å². The number of benzene rings is 1. The van der Waals surface area contributed by atoms with E-state index in [1.807, 2.05) is 44.2 Å². The first-order chi connectivity index (χ1) is 15.5. The summed E-state index contributed by atoms with van der Waals surface area (Å²) in [5, 5.41) is 19.1. The second-order valence-corrected chi connectivity index (χ2v) is 8.07. The van der Waals surface area contributed by atoms with Gasteiger partial charge in [0.2, 0.25) is 23.6 Å². The maximum absolute atomic E-state index is 12.9. The molecule has 0 spiro atoms. The molecule has 0 saturated carbocycles. The number of rotatable bonds is 13. The number of hydrogen-bond acceptors (Lipinski definition) is 5. The molecule has 0 radical (unpaired) electrons. The highest BCUT2D eigenvalue weighted by Gasteiger charge is 2.27. The van der Waals surface area contributed by atoms with Crippen LogP contribution in [0.15, 0.2) is 30.3 Å². The van der Waals surface area contributed by atoms with E-state index in [0.717, 1.165) is 5.56 Å². The minimum absolute atomic E-state index is 0.111. The van der Waals surface area contributed by atoms with E-state index in [2.05, 4.69) is 21.3 Å². The Morgan fingerprint density at radius 3 is 1.91 bits per heavy atom. The predicted molar refractivity (Wildman–Crippen MR) is 122 cm³/mol. The van der Waals surface area contributed by atoms with Crippen LogP contribution in [0.3, 0.4) is 0 Å². The largest absolute Gasteiger partial charge is 0.481 e. The van der Waals surface area contributed by atoms with E-state index in [4.69, 9.17) is 5.11 Å². The molecular formula is C23H34N4O6. The Balaban J connectivity index is 2.78. The highest BCUT2D eigenvalue weighted by atomic mass is 16.4. The summed E-state index contributed by atoms with van der Waals surface area (Å²) in [6.45, 7) is 6.79. The number of aliphatic carboxylic acids is 1. The summed E-state index contributed by atoms with van der Waals surface area (Å²) < 4.78 is 0. The molecule has 4 amide bonds. The van der Waals surface area contributed by atoms with Crippen LogP contribution in [0.4, 0.5) is 0 Å². The maximum Gasteiger partial charge on any atom is 0.303 e. The molecule has 0 aliphatic heterocycles. The van der Waals surface area contributed by atoms with Crippen LogP contribution < -0.4 is 21.3 Å². The highest BCUT2D eigenvalue weighted by Crippen LogP contribution is 2.05. The highest BCUT2D eigenvalue weighted by molar-refractivity contribution is 5.94. The fourth-order valence-electron chi connectivity index (χ4n) is 2.97. The van der Waals surface area contributed by atoms with Crippen LogP contribution in [0, 0.1) is 0 Å². The number of carbonyl (C=O) groups excluding carboxylic acids is 4. The smallest absolute Gasteiger partial charge is 0.303 e. The van der Waals surface area contributed by atoms with Crippen LogP contribution in [0.5, 0.6) is 0 Å². The number of nitrogens with one attached hydrogen (secondary N) is 4. The second kappa shape index (κ2) is 13.9. The molecule has 10 heteroatoms. The Bertz CT molecular complexity index is 828. The molecule has 1 aromatic carbocycles. The van der Waals surface area contributed by atoms with Gasteiger partial charge in [-0.2, -0.15) is 0 Å². The summed E-state index contributed by atoms with van der Waals surface area (Å²) >= 11 is 0. The lowest BCUT2D eigenvalue weighted by Gasteiger charge is -2.24. The molecule has 0 aromatic heterocycles. The fraction of sp³-hybridized carbons (Fsp3) is 0.522. The zero-order valence-electron chi connectivity index (χ0n) is 19.5. The van der Waals surface area contributed by atoms with Crippen molar-refractivity contribution in [3.63, 3.8) is 0 Å². The van der Waals surface area contributed by atoms with Gasteiger partial charge in [0, 0.05) is 18.9 Å². The molecule has 0 aliphatic carbocycles. The summed E-state index contributed by atoms with van der Waals surface area (Å²) in [6, 6.07) is 6.44. The van der Waals surface area contributed by atoms with Crippen LogP contribution in [0.2, 0.25) is 0 Å². The third-order valence-corrected chi connectivity index (χ3v) is 4.72. The summed E-state index contributed by atoms with van der Waals surface area (Å²) in [6.07, 6.45) is -0.0508. The van der Waals surface area contributed by atoms with E-state index in [9.17, 15) is 24.0 Å². The molecule has 0 bridgehead atoms. The topological polar surface area (TPSA) is 154 Å². The van der Waals surface area contributed by atoms with Crippen molar-refractivity contribution >= 4 is 29.6 Å². The first-order valence-electron chi connectivity index (χ1n) is 11.0. The molecule has 1 aromatic rings. The van der Waals surface area contributed by atoms with Crippen molar-refractivity contribution in [2.24, 2.45) is 0 Å². The second-order valence-electron chi connectivity index (χ2n) is 8.07. The predicted octanol–water partition coefficient (Wildman–Crippen LogP) is 0.503. The van der Waals surface area contributed by atoms with Crippen molar-refractivity contribution in [3.05, 3.63) is 35.9 Å². The number of amides is 4. The van der Waals surface area contributed by atoms with Gasteiger partial charge >= 0.3 is 5.97 Å². The molecule has 0 aliphatic rings. The van der Waals surface area contributed by atoms with Gasteiger partial charge < -0.3 is 26.4 Å². The molecule has 10 nitrogen and oxygen atoms in total. The number of carboxylic acid groups (broad SMARTS) is 1. The molecule has 33 heavy (non-hydrogen) atoms. The lowest BCUT2D eigenvalue weighted by Crippen LogP contribution is -2.57. The van der Waals surface area contributed by atoms with E-state index < -0.39 is 41.8 Å². The average Bonchev–Trinajstić information content (AvgIpc) is 2.75. The van der Waals surface area contributed by atoms with Gasteiger partial charge in [-0.1, -0.05) is 37.3 Å². The van der Waals surface area contributed by atoms with E-state index in [-0.39, 0.29) is 37.6 Å². The standard InChI is InChI=1S/C23H34N4O6/c1-5-17(26-21(31)15(4)25-19(28)11-12-20(29)30)22(32)27-18(23(33)24-14(2)3)13-16-9-7-6-8-10-16/h6-10,14-15,17-18H,5,11-13H2,1-4H3,(H,24,33)(H,25,28)(H,26,31)(H,27,32)(H,29,30)/t15-,17-,18-/m0/s1. The summed E-state index contributed by atoms with van der Waals surface area (Å²) in [4.78, 5) is 60.3. The Hall–Kier alpha value is -3.43. The van der Waals surface area contributed by atoms with Gasteiger partial charge in [0.05, 0.1) is 6.42 Å². The zero-order chi connectivity index (χ0) is 25.0. The molecule has 3 atom stereocenters. The molecule has 0 fully saturated rings. The van der Waals surface area contributed by atoms with Crippen molar-refractivity contribution in [1.29, 1.82) is 0 Å². The van der Waals surface area contributed by atoms with Gasteiger partial charge in [-0.25, -0.2) is 0 Å². The minimum atomic E-state index is -1.11. The summed E-state index contributed by atoms with van der Waals surface area (Å²) in [5.74, 6) is -3.13. The molecule has 182 valence electrons. The fourth-order valence-corrected chi connectivity index (χ4v) is 2.97. The Morgan fingerprint density at radius 1 is 0.788 bits per heavy atom. The molecular weight excluding hydrogens is 428 g/mol. The van der Waals surface area contributed by atoms with E-state index >= 15 is 0 Å². The van der Waals surface area contributed by atoms with Crippen LogP contribution >= 0.6 is 0 Å². The van der Waals surface area contributed by atoms with E-state index in [0.29, 0.717) is 0 Å². The Labute approximate surface area is 193 Å². The monoisotopic (exact) mass is 462 g/mol. The molecule has 0 heterocycles. The zero-order valence-corrected chi connectivity index (χ0v) is 19.5. The SMILES string of the molecule is CC[C@H](NC(=O)[C@H](C)NC(=O)CCC(=O)O)C(=O)N[C@@H](Cc1ccccc1)C(=O)NC(C)C.